The maximum atomic E-state index is 5.69. The summed E-state index contributed by atoms with van der Waals surface area (Å²) in [5.74, 6) is 0. The highest BCUT2D eigenvalue weighted by Crippen LogP contribution is 2.22. The quantitative estimate of drug-likeness (QED) is 0.612. The van der Waals surface area contributed by atoms with Crippen molar-refractivity contribution in [3.63, 3.8) is 0 Å². The summed E-state index contributed by atoms with van der Waals surface area (Å²) in [4.78, 5) is 2.38. The number of rotatable bonds is 4. The smallest absolute Gasteiger partial charge is 0.0122 e. The zero-order valence-electron chi connectivity index (χ0n) is 7.29. The van der Waals surface area contributed by atoms with E-state index in [0.717, 1.165) is 19.0 Å². The van der Waals surface area contributed by atoms with Crippen molar-refractivity contribution in [1.29, 1.82) is 0 Å². The van der Waals surface area contributed by atoms with Gasteiger partial charge in [0.1, 0.15) is 0 Å². The molecule has 0 bridgehead atoms. The summed E-state index contributed by atoms with van der Waals surface area (Å²) in [6.07, 6.45) is 5.40. The molecule has 1 saturated carbocycles. The molecule has 2 heteroatoms. The van der Waals surface area contributed by atoms with Crippen molar-refractivity contribution in [3.05, 3.63) is 12.7 Å². The van der Waals surface area contributed by atoms with Crippen LogP contribution in [0.2, 0.25) is 0 Å². The van der Waals surface area contributed by atoms with Crippen LogP contribution in [0.1, 0.15) is 19.3 Å². The number of nitrogens with zero attached hydrogens (tertiary/aromatic N) is 1. The Bertz CT molecular complexity index is 128. The van der Waals surface area contributed by atoms with Crippen LogP contribution in [0.5, 0.6) is 0 Å². The van der Waals surface area contributed by atoms with E-state index >= 15 is 0 Å². The molecule has 0 aromatic rings. The van der Waals surface area contributed by atoms with Gasteiger partial charge in [-0.1, -0.05) is 6.08 Å². The molecule has 0 unspecified atom stereocenters. The van der Waals surface area contributed by atoms with Crippen molar-refractivity contribution < 1.29 is 0 Å². The molecular weight excluding hydrogens is 136 g/mol. The number of hydrogen-bond acceptors (Lipinski definition) is 2. The Morgan fingerprint density at radius 1 is 1.64 bits per heavy atom. The van der Waals surface area contributed by atoms with E-state index in [-0.39, 0.29) is 0 Å². The summed E-state index contributed by atoms with van der Waals surface area (Å²) in [5.41, 5.74) is 5.69. The van der Waals surface area contributed by atoms with E-state index in [2.05, 4.69) is 18.5 Å². The van der Waals surface area contributed by atoms with Gasteiger partial charge in [0.25, 0.3) is 0 Å². The maximum Gasteiger partial charge on any atom is 0.0122 e. The molecular formula is C9H18N2. The fraction of sp³-hybridized carbons (Fsp3) is 0.778. The first-order valence-corrected chi connectivity index (χ1v) is 4.30. The first-order chi connectivity index (χ1) is 5.24. The zero-order chi connectivity index (χ0) is 8.27. The predicted molar refractivity (Wildman–Crippen MR) is 48.4 cm³/mol. The molecule has 2 nitrogen and oxygen atoms in total. The molecule has 0 heterocycles. The summed E-state index contributed by atoms with van der Waals surface area (Å²) in [5, 5.41) is 0. The van der Waals surface area contributed by atoms with Crippen molar-refractivity contribution >= 4 is 0 Å². The van der Waals surface area contributed by atoms with E-state index in [1.165, 1.54) is 12.8 Å². The van der Waals surface area contributed by atoms with Crippen LogP contribution in [-0.4, -0.2) is 30.6 Å². The highest BCUT2D eigenvalue weighted by molar-refractivity contribution is 4.88. The van der Waals surface area contributed by atoms with Gasteiger partial charge in [-0.25, -0.2) is 0 Å². The normalized spacial score (nSPS) is 30.1. The van der Waals surface area contributed by atoms with Gasteiger partial charge < -0.3 is 10.6 Å². The third kappa shape index (κ3) is 2.31. The van der Waals surface area contributed by atoms with Gasteiger partial charge in [0, 0.05) is 18.6 Å². The van der Waals surface area contributed by atoms with E-state index in [0.29, 0.717) is 6.04 Å². The SMILES string of the molecule is C=CCCN(C)C1CC(N)C1. The topological polar surface area (TPSA) is 29.3 Å². The van der Waals surface area contributed by atoms with E-state index < -0.39 is 0 Å². The van der Waals surface area contributed by atoms with Crippen LogP contribution >= 0.6 is 0 Å². The second-order valence-corrected chi connectivity index (χ2v) is 3.44. The minimum Gasteiger partial charge on any atom is -0.328 e. The largest absolute Gasteiger partial charge is 0.328 e. The van der Waals surface area contributed by atoms with Crippen molar-refractivity contribution in [2.45, 2.75) is 31.3 Å². The van der Waals surface area contributed by atoms with Gasteiger partial charge in [-0.15, -0.1) is 6.58 Å². The molecule has 0 radical (unpaired) electrons. The molecule has 11 heavy (non-hydrogen) atoms. The third-order valence-corrected chi connectivity index (χ3v) is 2.46. The molecule has 2 N–H and O–H groups in total. The lowest BCUT2D eigenvalue weighted by atomic mass is 9.86. The highest BCUT2D eigenvalue weighted by atomic mass is 15.1. The standard InChI is InChI=1S/C9H18N2/c1-3-4-5-11(2)9-6-8(10)7-9/h3,8-9H,1,4-7,10H2,2H3. The monoisotopic (exact) mass is 154 g/mol. The van der Waals surface area contributed by atoms with Crippen molar-refractivity contribution in [2.24, 2.45) is 5.73 Å². The minimum atomic E-state index is 0.464. The highest BCUT2D eigenvalue weighted by Gasteiger charge is 2.28. The van der Waals surface area contributed by atoms with Gasteiger partial charge in [-0.3, -0.25) is 0 Å². The average Bonchev–Trinajstić information content (AvgIpc) is 1.94. The van der Waals surface area contributed by atoms with Crippen LogP contribution in [0.15, 0.2) is 12.7 Å². The molecule has 0 aromatic carbocycles. The maximum absolute atomic E-state index is 5.69. The molecule has 0 aromatic heterocycles. The van der Waals surface area contributed by atoms with Crippen LogP contribution in [0.3, 0.4) is 0 Å². The Hall–Kier alpha value is -0.340. The molecule has 1 fully saturated rings. The molecule has 1 aliphatic carbocycles. The summed E-state index contributed by atoms with van der Waals surface area (Å²) in [6.45, 7) is 4.83. The van der Waals surface area contributed by atoms with E-state index in [1.807, 2.05) is 6.08 Å². The Morgan fingerprint density at radius 3 is 2.73 bits per heavy atom. The first kappa shape index (κ1) is 8.75. The fourth-order valence-corrected chi connectivity index (χ4v) is 1.47. The number of nitrogens with two attached hydrogens (primary N) is 1. The lowest BCUT2D eigenvalue weighted by Gasteiger charge is -2.39. The summed E-state index contributed by atoms with van der Waals surface area (Å²) in [7, 11) is 2.17. The van der Waals surface area contributed by atoms with Crippen LogP contribution in [0.25, 0.3) is 0 Å². The summed E-state index contributed by atoms with van der Waals surface area (Å²) < 4.78 is 0. The molecule has 0 atom stereocenters. The predicted octanol–water partition coefficient (Wildman–Crippen LogP) is 0.984. The molecule has 0 saturated heterocycles. The molecule has 0 aliphatic heterocycles. The Labute approximate surface area is 69.1 Å². The first-order valence-electron chi connectivity index (χ1n) is 4.30. The van der Waals surface area contributed by atoms with Crippen LogP contribution in [-0.2, 0) is 0 Å². The van der Waals surface area contributed by atoms with E-state index in [4.69, 9.17) is 5.73 Å². The molecule has 0 amide bonds. The van der Waals surface area contributed by atoms with Gasteiger partial charge in [0.15, 0.2) is 0 Å². The van der Waals surface area contributed by atoms with Crippen molar-refractivity contribution in [1.82, 2.24) is 4.90 Å². The molecule has 0 spiro atoms. The number of hydrogen-bond donors (Lipinski definition) is 1. The van der Waals surface area contributed by atoms with Crippen molar-refractivity contribution in [3.8, 4) is 0 Å². The van der Waals surface area contributed by atoms with Crippen LogP contribution in [0, 0.1) is 0 Å². The Morgan fingerprint density at radius 2 is 2.27 bits per heavy atom. The van der Waals surface area contributed by atoms with Gasteiger partial charge in [0.05, 0.1) is 0 Å². The van der Waals surface area contributed by atoms with Gasteiger partial charge in [-0.05, 0) is 26.3 Å². The van der Waals surface area contributed by atoms with Gasteiger partial charge >= 0.3 is 0 Å². The van der Waals surface area contributed by atoms with Crippen molar-refractivity contribution in [2.75, 3.05) is 13.6 Å². The van der Waals surface area contributed by atoms with E-state index in [9.17, 15) is 0 Å². The van der Waals surface area contributed by atoms with Gasteiger partial charge in [0.2, 0.25) is 0 Å². The molecule has 1 rings (SSSR count). The summed E-state index contributed by atoms with van der Waals surface area (Å²) in [6, 6.07) is 1.20. The zero-order valence-corrected chi connectivity index (χ0v) is 7.29. The van der Waals surface area contributed by atoms with E-state index in [1.54, 1.807) is 0 Å². The van der Waals surface area contributed by atoms with Gasteiger partial charge in [-0.2, -0.15) is 0 Å². The lowest BCUT2D eigenvalue weighted by Crippen LogP contribution is -2.49. The lowest BCUT2D eigenvalue weighted by molar-refractivity contribution is 0.141. The fourth-order valence-electron chi connectivity index (χ4n) is 1.47. The van der Waals surface area contributed by atoms with Crippen LogP contribution < -0.4 is 5.73 Å². The van der Waals surface area contributed by atoms with Crippen LogP contribution in [0.4, 0.5) is 0 Å². The molecule has 1 aliphatic rings. The molecule has 64 valence electrons. The second kappa shape index (κ2) is 3.88. The minimum absolute atomic E-state index is 0.464. The second-order valence-electron chi connectivity index (χ2n) is 3.44. The summed E-state index contributed by atoms with van der Waals surface area (Å²) >= 11 is 0. The Kier molecular flexibility index (Phi) is 3.09. The Balaban J connectivity index is 2.10. The third-order valence-electron chi connectivity index (χ3n) is 2.46. The average molecular weight is 154 g/mol.